The summed E-state index contributed by atoms with van der Waals surface area (Å²) >= 11 is 0. The maximum absolute atomic E-state index is 15.5. The van der Waals surface area contributed by atoms with E-state index in [1.165, 1.54) is 6.07 Å². The molecule has 1 saturated heterocycles. The number of pyridine rings is 1. The zero-order chi connectivity index (χ0) is 30.4. The quantitative estimate of drug-likeness (QED) is 0.221. The van der Waals surface area contributed by atoms with Gasteiger partial charge in [-0.05, 0) is 60.0 Å². The molecular weight excluding hydrogens is 568 g/mol. The van der Waals surface area contributed by atoms with E-state index >= 15 is 8.78 Å². The molecular formula is C33H27F2N5O4. The number of nitrogens with zero attached hydrogens (tertiary/aromatic N) is 5. The average Bonchev–Trinajstić information content (AvgIpc) is 3.54. The lowest BCUT2D eigenvalue weighted by Crippen LogP contribution is -2.31. The van der Waals surface area contributed by atoms with Crippen molar-refractivity contribution in [1.29, 1.82) is 0 Å². The van der Waals surface area contributed by atoms with Crippen LogP contribution in [0.4, 0.5) is 8.78 Å². The van der Waals surface area contributed by atoms with Gasteiger partial charge in [0, 0.05) is 37.1 Å². The number of benzene rings is 3. The van der Waals surface area contributed by atoms with E-state index in [9.17, 15) is 9.90 Å². The fourth-order valence-corrected chi connectivity index (χ4v) is 5.45. The number of imidazole rings is 1. The van der Waals surface area contributed by atoms with Crippen molar-refractivity contribution in [2.45, 2.75) is 32.1 Å². The second kappa shape index (κ2) is 11.2. The topological polar surface area (TPSA) is 104 Å². The van der Waals surface area contributed by atoms with Crippen LogP contribution in [0.3, 0.4) is 0 Å². The number of aromatic carboxylic acids is 1. The summed E-state index contributed by atoms with van der Waals surface area (Å²) in [6.45, 7) is 1.33. The van der Waals surface area contributed by atoms with Crippen molar-refractivity contribution >= 4 is 27.9 Å². The summed E-state index contributed by atoms with van der Waals surface area (Å²) in [5, 5.41) is 14.8. The Morgan fingerprint density at radius 3 is 2.70 bits per heavy atom. The number of fused-ring (bicyclic) bond motifs is 2. The predicted molar refractivity (Wildman–Crippen MR) is 158 cm³/mol. The van der Waals surface area contributed by atoms with Gasteiger partial charge in [-0.3, -0.25) is 4.68 Å². The lowest BCUT2D eigenvalue weighted by molar-refractivity contribution is -0.0589. The molecule has 4 heterocycles. The normalized spacial score (nSPS) is 14.7. The van der Waals surface area contributed by atoms with Crippen molar-refractivity contribution in [2.75, 3.05) is 6.61 Å². The van der Waals surface area contributed by atoms with Crippen LogP contribution in [0.1, 0.15) is 33.7 Å². The maximum atomic E-state index is 15.5. The number of rotatable bonds is 9. The first-order valence-corrected chi connectivity index (χ1v) is 14.2. The van der Waals surface area contributed by atoms with Gasteiger partial charge in [-0.15, -0.1) is 0 Å². The van der Waals surface area contributed by atoms with E-state index in [1.807, 2.05) is 29.8 Å². The van der Waals surface area contributed by atoms with Crippen molar-refractivity contribution in [3.63, 3.8) is 0 Å². The van der Waals surface area contributed by atoms with E-state index in [1.54, 1.807) is 41.2 Å². The molecule has 3 aromatic heterocycles. The van der Waals surface area contributed by atoms with E-state index in [4.69, 9.17) is 9.47 Å². The van der Waals surface area contributed by atoms with Gasteiger partial charge in [0.25, 0.3) is 0 Å². The van der Waals surface area contributed by atoms with E-state index in [0.29, 0.717) is 30.0 Å². The van der Waals surface area contributed by atoms with Crippen molar-refractivity contribution in [1.82, 2.24) is 24.3 Å². The third kappa shape index (κ3) is 5.26. The molecule has 222 valence electrons. The molecule has 9 nitrogen and oxygen atoms in total. The third-order valence-electron chi connectivity index (χ3n) is 7.94. The first-order chi connectivity index (χ1) is 21.3. The number of hydrogen-bond donors (Lipinski definition) is 1. The zero-order valence-electron chi connectivity index (χ0n) is 23.7. The Morgan fingerprint density at radius 2 is 1.91 bits per heavy atom. The number of halogens is 2. The highest BCUT2D eigenvalue weighted by Gasteiger charge is 2.23. The molecule has 0 aliphatic carbocycles. The molecule has 1 atom stereocenters. The zero-order valence-corrected chi connectivity index (χ0v) is 23.7. The molecule has 44 heavy (non-hydrogen) atoms. The summed E-state index contributed by atoms with van der Waals surface area (Å²) in [6.07, 6.45) is 2.60. The lowest BCUT2D eigenvalue weighted by Gasteiger charge is -2.27. The van der Waals surface area contributed by atoms with E-state index in [-0.39, 0.29) is 47.4 Å². The predicted octanol–water partition coefficient (Wildman–Crippen LogP) is 5.92. The molecule has 1 fully saturated rings. The second-order valence-electron chi connectivity index (χ2n) is 10.8. The van der Waals surface area contributed by atoms with E-state index in [2.05, 4.69) is 15.1 Å². The molecule has 0 spiro atoms. The van der Waals surface area contributed by atoms with Gasteiger partial charge in [-0.2, -0.15) is 5.10 Å². The third-order valence-corrected chi connectivity index (χ3v) is 7.94. The highest BCUT2D eigenvalue weighted by Crippen LogP contribution is 2.29. The second-order valence-corrected chi connectivity index (χ2v) is 10.8. The van der Waals surface area contributed by atoms with Gasteiger partial charge in [0.2, 0.25) is 5.88 Å². The molecule has 0 bridgehead atoms. The number of aryl methyl sites for hydroxylation is 1. The number of carboxylic acids is 1. The lowest BCUT2D eigenvalue weighted by atomic mass is 10.0. The standard InChI is InChI=1S/C33H27F2N5O4/c1-39-29-11-19(5-6-21(29)16-36-39)18-44-32-4-2-3-27(38-32)24-15-25(34)22(12-26(24)35)14-31-37-28-8-7-20(33(41)42)13-30(28)40(31)17-23-9-10-43-23/h2-8,11-13,15-16,23H,9-10,14,17-18H2,1H3,(H,41,42). The SMILES string of the molecule is Cn1ncc2ccc(COc3cccc(-c4cc(F)c(Cc5nc6ccc(C(=O)O)cc6n5CC5CCO5)cc4F)n3)cc21. The Labute approximate surface area is 250 Å². The monoisotopic (exact) mass is 595 g/mol. The van der Waals surface area contributed by atoms with E-state index in [0.717, 1.165) is 35.0 Å². The van der Waals surface area contributed by atoms with Gasteiger partial charge in [-0.1, -0.05) is 18.2 Å². The van der Waals surface area contributed by atoms with Gasteiger partial charge in [0.05, 0.1) is 46.7 Å². The van der Waals surface area contributed by atoms with Crippen LogP contribution in [0.2, 0.25) is 0 Å². The van der Waals surface area contributed by atoms with Gasteiger partial charge in [0.15, 0.2) is 0 Å². The minimum absolute atomic E-state index is 0.00439. The van der Waals surface area contributed by atoms with Crippen molar-refractivity contribution in [3.05, 3.63) is 107 Å². The molecule has 1 N–H and O–H groups in total. The molecule has 3 aromatic carbocycles. The largest absolute Gasteiger partial charge is 0.478 e. The smallest absolute Gasteiger partial charge is 0.335 e. The van der Waals surface area contributed by atoms with Gasteiger partial charge in [0.1, 0.15) is 24.1 Å². The van der Waals surface area contributed by atoms with Crippen LogP contribution in [0, 0.1) is 11.6 Å². The molecule has 1 aliphatic heterocycles. The van der Waals surface area contributed by atoms with Gasteiger partial charge in [-0.25, -0.2) is 23.5 Å². The fourth-order valence-electron chi connectivity index (χ4n) is 5.45. The first-order valence-electron chi connectivity index (χ1n) is 14.2. The number of aromatic nitrogens is 5. The van der Waals surface area contributed by atoms with Crippen LogP contribution < -0.4 is 4.74 Å². The van der Waals surface area contributed by atoms with E-state index < -0.39 is 17.6 Å². The minimum atomic E-state index is -1.06. The molecule has 6 aromatic rings. The maximum Gasteiger partial charge on any atom is 0.335 e. The summed E-state index contributed by atoms with van der Waals surface area (Å²) in [4.78, 5) is 20.7. The average molecular weight is 596 g/mol. The van der Waals surface area contributed by atoms with Crippen LogP contribution in [0.25, 0.3) is 33.2 Å². The van der Waals surface area contributed by atoms with Crippen LogP contribution >= 0.6 is 0 Å². The Bertz CT molecular complexity index is 2050. The number of carbonyl (C=O) groups is 1. The summed E-state index contributed by atoms with van der Waals surface area (Å²) < 4.78 is 46.1. The Kier molecular flexibility index (Phi) is 7.01. The molecule has 0 saturated carbocycles. The molecule has 0 amide bonds. The highest BCUT2D eigenvalue weighted by atomic mass is 19.1. The van der Waals surface area contributed by atoms with Gasteiger partial charge >= 0.3 is 5.97 Å². The van der Waals surface area contributed by atoms with Crippen molar-refractivity contribution in [3.8, 4) is 17.1 Å². The fraction of sp³-hybridized carbons (Fsp3) is 0.212. The summed E-state index contributed by atoms with van der Waals surface area (Å²) in [5.74, 6) is -1.53. The highest BCUT2D eigenvalue weighted by molar-refractivity contribution is 5.92. The van der Waals surface area contributed by atoms with Crippen LogP contribution in [-0.4, -0.2) is 48.1 Å². The summed E-state index contributed by atoms with van der Waals surface area (Å²) in [5.41, 5.74) is 3.56. The summed E-state index contributed by atoms with van der Waals surface area (Å²) in [7, 11) is 1.87. The molecule has 1 aliphatic rings. The van der Waals surface area contributed by atoms with Crippen LogP contribution in [0.15, 0.2) is 72.9 Å². The summed E-state index contributed by atoms with van der Waals surface area (Å²) in [6, 6.07) is 17.8. The Morgan fingerprint density at radius 1 is 1.05 bits per heavy atom. The number of hydrogen-bond acceptors (Lipinski definition) is 6. The minimum Gasteiger partial charge on any atom is -0.478 e. The van der Waals surface area contributed by atoms with Crippen molar-refractivity contribution in [2.24, 2.45) is 7.05 Å². The number of ether oxygens (including phenoxy) is 2. The van der Waals surface area contributed by atoms with Gasteiger partial charge < -0.3 is 19.1 Å². The number of carboxylic acid groups (broad SMARTS) is 1. The molecule has 1 unspecified atom stereocenters. The first kappa shape index (κ1) is 27.7. The van der Waals surface area contributed by atoms with Crippen LogP contribution in [0.5, 0.6) is 5.88 Å². The molecule has 7 rings (SSSR count). The van der Waals surface area contributed by atoms with Crippen LogP contribution in [-0.2, 0) is 31.4 Å². The van der Waals surface area contributed by atoms with Crippen molar-refractivity contribution < 1.29 is 28.2 Å². The Balaban J connectivity index is 1.14. The Hall–Kier alpha value is -5.16. The molecule has 11 heteroatoms. The molecule has 0 radical (unpaired) electrons.